The Kier molecular flexibility index (Phi) is 4.83. The van der Waals surface area contributed by atoms with Crippen LogP contribution in [-0.2, 0) is 4.57 Å². The van der Waals surface area contributed by atoms with Crippen molar-refractivity contribution >= 4 is 9.12 Å². The molecule has 2 aliphatic rings. The Labute approximate surface area is 77.6 Å². The van der Waals surface area contributed by atoms with E-state index in [1.165, 1.54) is 25.7 Å². The Morgan fingerprint density at radius 3 is 1.17 bits per heavy atom. The van der Waals surface area contributed by atoms with Crippen molar-refractivity contribution in [2.24, 2.45) is 11.8 Å². The van der Waals surface area contributed by atoms with E-state index < -0.39 is 0 Å². The van der Waals surface area contributed by atoms with Crippen LogP contribution in [0.4, 0.5) is 0 Å². The Morgan fingerprint density at radius 1 is 0.667 bits per heavy atom. The average molecular weight is 186 g/mol. The molecule has 0 saturated heterocycles. The molecule has 2 saturated carbocycles. The van der Waals surface area contributed by atoms with Crippen molar-refractivity contribution in [2.75, 3.05) is 0 Å². The molecular weight excluding hydrogens is 167 g/mol. The van der Waals surface area contributed by atoms with Gasteiger partial charge in [-0.05, 0) is 11.8 Å². The highest BCUT2D eigenvalue weighted by Gasteiger charge is 2.26. The van der Waals surface area contributed by atoms with Crippen LogP contribution < -0.4 is 0 Å². The second-order valence-electron chi connectivity index (χ2n) is 4.09. The molecule has 2 heteroatoms. The minimum Gasteiger partial charge on any atom is -0.279 e. The maximum atomic E-state index is 8.06. The van der Waals surface area contributed by atoms with Crippen LogP contribution in [0.1, 0.15) is 51.4 Å². The molecule has 0 bridgehead atoms. The van der Waals surface area contributed by atoms with E-state index in [4.69, 9.17) is 4.57 Å². The molecule has 2 fully saturated rings. The van der Waals surface area contributed by atoms with Crippen molar-refractivity contribution in [3.05, 3.63) is 0 Å². The Balaban J connectivity index is 0.000000336. The highest BCUT2D eigenvalue weighted by atomic mass is 31.0. The lowest BCUT2D eigenvalue weighted by atomic mass is 9.90. The van der Waals surface area contributed by atoms with E-state index in [0.717, 1.165) is 11.8 Å². The molecule has 0 aromatic heterocycles. The Bertz CT molecular complexity index is 101. The molecule has 0 heterocycles. The summed E-state index contributed by atoms with van der Waals surface area (Å²) in [6.07, 6.45) is 12.4. The molecule has 0 aliphatic heterocycles. The van der Waals surface area contributed by atoms with Crippen LogP contribution >= 0.6 is 9.12 Å². The van der Waals surface area contributed by atoms with Crippen LogP contribution in [-0.4, -0.2) is 0 Å². The number of rotatable bonds is 1. The maximum absolute atomic E-state index is 8.06. The van der Waals surface area contributed by atoms with Crippen molar-refractivity contribution in [2.45, 2.75) is 51.4 Å². The van der Waals surface area contributed by atoms with Gasteiger partial charge in [0.25, 0.3) is 0 Å². The first-order valence-electron chi connectivity index (χ1n) is 5.17. The fourth-order valence-electron chi connectivity index (χ4n) is 2.86. The van der Waals surface area contributed by atoms with Gasteiger partial charge in [0.2, 0.25) is 0 Å². The molecule has 70 valence electrons. The van der Waals surface area contributed by atoms with Gasteiger partial charge in [-0.3, -0.25) is 4.57 Å². The Morgan fingerprint density at radius 2 is 0.917 bits per heavy atom. The molecule has 0 amide bonds. The summed E-state index contributed by atoms with van der Waals surface area (Å²) in [6.45, 7) is 0. The van der Waals surface area contributed by atoms with Crippen LogP contribution in [0, 0.1) is 11.8 Å². The molecular formula is C10H19OP. The second-order valence-corrected chi connectivity index (χ2v) is 4.09. The van der Waals surface area contributed by atoms with Gasteiger partial charge in [-0.1, -0.05) is 51.4 Å². The molecule has 1 nitrogen and oxygen atoms in total. The zero-order chi connectivity index (χ0) is 8.81. The third-order valence-electron chi connectivity index (χ3n) is 3.47. The van der Waals surface area contributed by atoms with Crippen LogP contribution in [0.3, 0.4) is 0 Å². The lowest BCUT2D eigenvalue weighted by Crippen LogP contribution is -2.06. The smallest absolute Gasteiger partial charge is 0.138 e. The number of hydrogen-bond acceptors (Lipinski definition) is 1. The number of hydrogen-bond donors (Lipinski definition) is 0. The van der Waals surface area contributed by atoms with Gasteiger partial charge in [0, 0.05) is 0 Å². The maximum Gasteiger partial charge on any atom is 0.138 e. The molecule has 0 unspecified atom stereocenters. The molecule has 0 aromatic carbocycles. The van der Waals surface area contributed by atoms with Gasteiger partial charge in [0.05, 0.1) is 0 Å². The van der Waals surface area contributed by atoms with Crippen LogP contribution in [0.2, 0.25) is 0 Å². The summed E-state index contributed by atoms with van der Waals surface area (Å²) in [4.78, 5) is 0. The van der Waals surface area contributed by atoms with E-state index in [1.807, 2.05) is 0 Å². The van der Waals surface area contributed by atoms with Gasteiger partial charge < -0.3 is 0 Å². The third kappa shape index (κ3) is 2.55. The SMILES string of the molecule is C1CCC(C2CCCC2)C1.O=P. The first kappa shape index (κ1) is 10.2. The normalized spacial score (nSPS) is 25.3. The Hall–Kier alpha value is 0.100. The molecule has 0 aromatic rings. The summed E-state index contributed by atoms with van der Waals surface area (Å²) in [6, 6.07) is 0. The summed E-state index contributed by atoms with van der Waals surface area (Å²) in [5, 5.41) is 0. The monoisotopic (exact) mass is 186 g/mol. The second kappa shape index (κ2) is 5.70. The van der Waals surface area contributed by atoms with Crippen molar-refractivity contribution in [3.8, 4) is 0 Å². The minimum atomic E-state index is 1.16. The molecule has 2 rings (SSSR count). The predicted octanol–water partition coefficient (Wildman–Crippen LogP) is 3.84. The predicted molar refractivity (Wildman–Crippen MR) is 52.9 cm³/mol. The first-order valence-corrected chi connectivity index (χ1v) is 5.58. The molecule has 0 radical (unpaired) electrons. The first-order chi connectivity index (χ1) is 5.97. The summed E-state index contributed by atoms with van der Waals surface area (Å²) in [5.74, 6) is 2.31. The topological polar surface area (TPSA) is 17.1 Å². The summed E-state index contributed by atoms with van der Waals surface area (Å²) in [5.41, 5.74) is 0. The van der Waals surface area contributed by atoms with Gasteiger partial charge in [0.15, 0.2) is 0 Å². The van der Waals surface area contributed by atoms with E-state index >= 15 is 0 Å². The summed E-state index contributed by atoms with van der Waals surface area (Å²) in [7, 11) is 1.72. The largest absolute Gasteiger partial charge is 0.279 e. The zero-order valence-electron chi connectivity index (χ0n) is 7.72. The molecule has 0 N–H and O–H groups in total. The molecule has 0 atom stereocenters. The van der Waals surface area contributed by atoms with E-state index in [-0.39, 0.29) is 0 Å². The summed E-state index contributed by atoms with van der Waals surface area (Å²) >= 11 is 0. The highest BCUT2D eigenvalue weighted by molar-refractivity contribution is 7.00. The van der Waals surface area contributed by atoms with Gasteiger partial charge in [-0.2, -0.15) is 0 Å². The van der Waals surface area contributed by atoms with E-state index in [2.05, 4.69) is 0 Å². The molecule has 2 aliphatic carbocycles. The van der Waals surface area contributed by atoms with Gasteiger partial charge in [-0.15, -0.1) is 0 Å². The van der Waals surface area contributed by atoms with Crippen molar-refractivity contribution < 1.29 is 4.57 Å². The third-order valence-corrected chi connectivity index (χ3v) is 3.47. The van der Waals surface area contributed by atoms with E-state index in [9.17, 15) is 0 Å². The van der Waals surface area contributed by atoms with E-state index in [1.54, 1.807) is 34.8 Å². The fraction of sp³-hybridized carbons (Fsp3) is 1.00. The molecule has 0 spiro atoms. The standard InChI is InChI=1S/C10H18.HOP/c1-2-6-9(5-1)10-7-3-4-8-10;1-2/h9-10H,1-8H2;2H. The lowest BCUT2D eigenvalue weighted by molar-refractivity contribution is 0.347. The van der Waals surface area contributed by atoms with Crippen molar-refractivity contribution in [1.29, 1.82) is 0 Å². The highest BCUT2D eigenvalue weighted by Crippen LogP contribution is 2.39. The average Bonchev–Trinajstić information content (AvgIpc) is 2.80. The fourth-order valence-corrected chi connectivity index (χ4v) is 2.86. The van der Waals surface area contributed by atoms with Crippen molar-refractivity contribution in [3.63, 3.8) is 0 Å². The van der Waals surface area contributed by atoms with Gasteiger partial charge >= 0.3 is 0 Å². The summed E-state index contributed by atoms with van der Waals surface area (Å²) < 4.78 is 8.06. The van der Waals surface area contributed by atoms with Crippen LogP contribution in [0.25, 0.3) is 0 Å². The van der Waals surface area contributed by atoms with E-state index in [0.29, 0.717) is 0 Å². The van der Waals surface area contributed by atoms with Crippen LogP contribution in [0.15, 0.2) is 0 Å². The molecule has 12 heavy (non-hydrogen) atoms. The quantitative estimate of drug-likeness (QED) is 0.568. The lowest BCUT2D eigenvalue weighted by Gasteiger charge is -2.16. The van der Waals surface area contributed by atoms with Gasteiger partial charge in [0.1, 0.15) is 9.12 Å². The zero-order valence-corrected chi connectivity index (χ0v) is 8.72. The van der Waals surface area contributed by atoms with Crippen LogP contribution in [0.5, 0.6) is 0 Å². The van der Waals surface area contributed by atoms with Crippen molar-refractivity contribution in [1.82, 2.24) is 0 Å². The minimum absolute atomic E-state index is 1.16. The van der Waals surface area contributed by atoms with Gasteiger partial charge in [-0.25, -0.2) is 0 Å².